The van der Waals surface area contributed by atoms with Gasteiger partial charge < -0.3 is 14.2 Å². The highest BCUT2D eigenvalue weighted by atomic mass is 16.5. The fourth-order valence-electron chi connectivity index (χ4n) is 2.58. The Morgan fingerprint density at radius 3 is 2.35 bits per heavy atom. The van der Waals surface area contributed by atoms with Gasteiger partial charge in [0.1, 0.15) is 21.4 Å². The minimum Gasteiger partial charge on any atom is -0.497 e. The van der Waals surface area contributed by atoms with Crippen LogP contribution in [-0.2, 0) is 5.34 Å². The van der Waals surface area contributed by atoms with Crippen LogP contribution in [0, 0.1) is 0 Å². The lowest BCUT2D eigenvalue weighted by molar-refractivity contribution is 0.141. The van der Waals surface area contributed by atoms with Gasteiger partial charge in [-0.25, -0.2) is 0 Å². The number of hydrogen-bond donors (Lipinski definition) is 0. The summed E-state index contributed by atoms with van der Waals surface area (Å²) in [6.07, 6.45) is 2.18. The topological polar surface area (TPSA) is 17.4 Å². The van der Waals surface area contributed by atoms with Crippen molar-refractivity contribution in [2.75, 3.05) is 21.2 Å². The maximum absolute atomic E-state index is 5.31. The molecule has 2 rings (SSSR count). The Morgan fingerprint density at radius 2 is 1.80 bits per heavy atom. The molecule has 0 aliphatic rings. The van der Waals surface area contributed by atoms with Crippen molar-refractivity contribution >= 4 is 26.6 Å². The molecule has 0 saturated heterocycles. The van der Waals surface area contributed by atoms with Gasteiger partial charge in [0.05, 0.1) is 7.11 Å². The lowest BCUT2D eigenvalue weighted by Gasteiger charge is -2.48. The summed E-state index contributed by atoms with van der Waals surface area (Å²) in [4.78, 5) is 2.28. The van der Waals surface area contributed by atoms with Crippen molar-refractivity contribution in [3.8, 4) is 5.75 Å². The second kappa shape index (κ2) is 4.88. The Kier molecular flexibility index (Phi) is 3.67. The van der Waals surface area contributed by atoms with Crippen LogP contribution in [0.15, 0.2) is 30.5 Å². The summed E-state index contributed by atoms with van der Waals surface area (Å²) in [6, 6.07) is 8.41. The van der Waals surface area contributed by atoms with Crippen LogP contribution in [0.2, 0.25) is 0 Å². The molecule has 3 nitrogen and oxygen atoms in total. The van der Waals surface area contributed by atoms with Gasteiger partial charge in [-0.3, -0.25) is 0 Å². The zero-order valence-electron chi connectivity index (χ0n) is 13.7. The molecular formula is C15H24B2N2O. The van der Waals surface area contributed by atoms with Crippen LogP contribution in [0.3, 0.4) is 0 Å². The van der Waals surface area contributed by atoms with E-state index in [9.17, 15) is 0 Å². The van der Waals surface area contributed by atoms with Crippen LogP contribution in [0.1, 0.15) is 13.8 Å². The Bertz CT molecular complexity index is 617. The first-order valence-corrected chi connectivity index (χ1v) is 7.05. The van der Waals surface area contributed by atoms with Crippen molar-refractivity contribution in [1.29, 1.82) is 0 Å². The summed E-state index contributed by atoms with van der Waals surface area (Å²) in [5.74, 6) is 0.903. The molecule has 20 heavy (non-hydrogen) atoms. The van der Waals surface area contributed by atoms with Crippen LogP contribution in [0.4, 0.5) is 0 Å². The van der Waals surface area contributed by atoms with Crippen LogP contribution in [0.25, 0.3) is 10.9 Å². The Balaban J connectivity index is 2.58. The average molecular weight is 270 g/mol. The summed E-state index contributed by atoms with van der Waals surface area (Å²) in [7, 11) is 10.6. The fraction of sp³-hybridized carbons (Fsp3) is 0.467. The van der Waals surface area contributed by atoms with E-state index in [2.05, 4.69) is 77.5 Å². The van der Waals surface area contributed by atoms with E-state index in [-0.39, 0.29) is 10.9 Å². The van der Waals surface area contributed by atoms with E-state index in [1.54, 1.807) is 7.11 Å². The monoisotopic (exact) mass is 270 g/mol. The summed E-state index contributed by atoms with van der Waals surface area (Å²) in [5, 5.41) is 1.18. The van der Waals surface area contributed by atoms with E-state index in [0.29, 0.717) is 0 Å². The number of rotatable bonds is 4. The summed E-state index contributed by atoms with van der Waals surface area (Å²) < 4.78 is 7.67. The summed E-state index contributed by atoms with van der Waals surface area (Å²) in [6.45, 7) is 4.56. The molecule has 0 fully saturated rings. The van der Waals surface area contributed by atoms with Gasteiger partial charge in [-0.05, 0) is 52.2 Å². The smallest absolute Gasteiger partial charge is 0.126 e. The zero-order valence-corrected chi connectivity index (χ0v) is 13.7. The molecule has 0 aliphatic carbocycles. The third kappa shape index (κ3) is 2.14. The van der Waals surface area contributed by atoms with Gasteiger partial charge in [0.2, 0.25) is 0 Å². The maximum atomic E-state index is 5.31. The second-order valence-electron chi connectivity index (χ2n) is 6.62. The third-order valence-corrected chi connectivity index (χ3v) is 5.11. The lowest BCUT2D eigenvalue weighted by Crippen LogP contribution is -2.60. The maximum Gasteiger partial charge on any atom is 0.126 e. The first kappa shape index (κ1) is 15.0. The van der Waals surface area contributed by atoms with Gasteiger partial charge in [0, 0.05) is 28.0 Å². The Hall–Kier alpha value is -1.35. The highest BCUT2D eigenvalue weighted by Crippen LogP contribution is 2.32. The third-order valence-electron chi connectivity index (χ3n) is 5.11. The van der Waals surface area contributed by atoms with Crippen molar-refractivity contribution in [2.45, 2.75) is 24.7 Å². The SMILES string of the molecule is BC(B)(n1ccc2cc(OC)ccc21)C(C)(C)N(C)C. The fourth-order valence-corrected chi connectivity index (χ4v) is 2.58. The van der Waals surface area contributed by atoms with Gasteiger partial charge in [0.25, 0.3) is 0 Å². The molecule has 0 unspecified atom stereocenters. The van der Waals surface area contributed by atoms with Gasteiger partial charge in [-0.1, -0.05) is 0 Å². The predicted molar refractivity (Wildman–Crippen MR) is 91.3 cm³/mol. The number of likely N-dealkylation sites (N-methyl/N-ethyl adjacent to an activating group) is 1. The zero-order chi connectivity index (χ0) is 15.1. The highest BCUT2D eigenvalue weighted by molar-refractivity contribution is 6.39. The number of nitrogens with zero attached hydrogens (tertiary/aromatic N) is 2. The standard InChI is InChI=1S/C15H24B2N2O/c1-14(2,18(3)4)15(16,17)19-9-8-11-10-12(20-5)6-7-13(11)19/h6-10H,16-17H2,1-5H3. The number of benzene rings is 1. The van der Waals surface area contributed by atoms with Crippen LogP contribution < -0.4 is 4.74 Å². The molecule has 1 aromatic carbocycles. The van der Waals surface area contributed by atoms with Gasteiger partial charge in [-0.15, -0.1) is 0 Å². The van der Waals surface area contributed by atoms with Crippen molar-refractivity contribution in [3.05, 3.63) is 30.5 Å². The number of ether oxygens (including phenoxy) is 1. The Morgan fingerprint density at radius 1 is 1.15 bits per heavy atom. The molecular weight excluding hydrogens is 246 g/mol. The van der Waals surface area contributed by atoms with E-state index in [1.807, 2.05) is 6.07 Å². The quantitative estimate of drug-likeness (QED) is 0.767. The van der Waals surface area contributed by atoms with Crippen molar-refractivity contribution in [1.82, 2.24) is 9.47 Å². The van der Waals surface area contributed by atoms with E-state index >= 15 is 0 Å². The van der Waals surface area contributed by atoms with Crippen molar-refractivity contribution in [2.24, 2.45) is 0 Å². The molecule has 0 atom stereocenters. The lowest BCUT2D eigenvalue weighted by atomic mass is 9.51. The number of methoxy groups -OCH3 is 1. The minimum atomic E-state index is -0.0349. The predicted octanol–water partition coefficient (Wildman–Crippen LogP) is 0.867. The molecule has 1 aromatic heterocycles. The van der Waals surface area contributed by atoms with Crippen LogP contribution in [0.5, 0.6) is 5.75 Å². The molecule has 0 bridgehead atoms. The van der Waals surface area contributed by atoms with E-state index in [0.717, 1.165) is 5.75 Å². The van der Waals surface area contributed by atoms with E-state index < -0.39 is 0 Å². The van der Waals surface area contributed by atoms with E-state index in [4.69, 9.17) is 4.74 Å². The minimum absolute atomic E-state index is 0.0267. The molecule has 0 saturated carbocycles. The molecule has 1 heterocycles. The van der Waals surface area contributed by atoms with E-state index in [1.165, 1.54) is 10.9 Å². The molecule has 5 heteroatoms. The summed E-state index contributed by atoms with van der Waals surface area (Å²) in [5.41, 5.74) is 1.27. The number of hydrogen-bond acceptors (Lipinski definition) is 2. The average Bonchev–Trinajstić information content (AvgIpc) is 2.81. The first-order valence-electron chi connectivity index (χ1n) is 7.05. The van der Waals surface area contributed by atoms with Crippen molar-refractivity contribution < 1.29 is 4.74 Å². The van der Waals surface area contributed by atoms with Crippen LogP contribution in [-0.4, -0.2) is 51.9 Å². The number of fused-ring (bicyclic) bond motifs is 1. The van der Waals surface area contributed by atoms with Crippen molar-refractivity contribution in [3.63, 3.8) is 0 Å². The molecule has 0 radical (unpaired) electrons. The van der Waals surface area contributed by atoms with Gasteiger partial charge in [-0.2, -0.15) is 0 Å². The second-order valence-corrected chi connectivity index (χ2v) is 6.62. The number of aromatic nitrogens is 1. The van der Waals surface area contributed by atoms with Gasteiger partial charge in [0.15, 0.2) is 0 Å². The molecule has 2 aromatic rings. The Labute approximate surface area is 123 Å². The normalized spacial score (nSPS) is 13.1. The highest BCUT2D eigenvalue weighted by Gasteiger charge is 2.40. The molecule has 0 aliphatic heterocycles. The molecule has 0 amide bonds. The first-order chi connectivity index (χ1) is 9.21. The van der Waals surface area contributed by atoms with Gasteiger partial charge >= 0.3 is 0 Å². The summed E-state index contributed by atoms with van der Waals surface area (Å²) >= 11 is 0. The van der Waals surface area contributed by atoms with Crippen LogP contribution >= 0.6 is 0 Å². The molecule has 0 spiro atoms. The molecule has 106 valence electrons. The largest absolute Gasteiger partial charge is 0.497 e. The molecule has 0 N–H and O–H groups in total.